The predicted octanol–water partition coefficient (Wildman–Crippen LogP) is 2.92. The van der Waals surface area contributed by atoms with Gasteiger partial charge in [-0.15, -0.1) is 0 Å². The molecule has 0 aromatic heterocycles. The number of benzene rings is 1. The standard InChI is InChI=1S/C14H20O2/c1-4-14(3)12(15)9-13(14)16-11-7-5-10(2)6-8-11/h5-8,12-13,15H,4,9H2,1-3H3. The molecule has 0 heterocycles. The molecule has 1 aromatic carbocycles. The molecule has 1 fully saturated rings. The summed E-state index contributed by atoms with van der Waals surface area (Å²) in [5.74, 6) is 0.905. The van der Waals surface area contributed by atoms with Gasteiger partial charge in [0.15, 0.2) is 0 Å². The molecule has 0 bridgehead atoms. The van der Waals surface area contributed by atoms with E-state index in [0.717, 1.165) is 18.6 Å². The Morgan fingerprint density at radius 1 is 1.38 bits per heavy atom. The van der Waals surface area contributed by atoms with Gasteiger partial charge in [0.2, 0.25) is 0 Å². The normalized spacial score (nSPS) is 33.2. The third kappa shape index (κ3) is 1.82. The summed E-state index contributed by atoms with van der Waals surface area (Å²) < 4.78 is 5.92. The molecule has 1 saturated carbocycles. The fraction of sp³-hybridized carbons (Fsp3) is 0.571. The van der Waals surface area contributed by atoms with Crippen molar-refractivity contribution in [3.63, 3.8) is 0 Å². The molecule has 0 saturated heterocycles. The van der Waals surface area contributed by atoms with Crippen molar-refractivity contribution in [1.29, 1.82) is 0 Å². The lowest BCUT2D eigenvalue weighted by atomic mass is 9.63. The Balaban J connectivity index is 2.04. The first-order valence-electron chi connectivity index (χ1n) is 5.97. The number of aliphatic hydroxyl groups excluding tert-OH is 1. The molecule has 2 nitrogen and oxygen atoms in total. The van der Waals surface area contributed by atoms with Gasteiger partial charge in [0, 0.05) is 11.8 Å². The first-order valence-corrected chi connectivity index (χ1v) is 5.97. The summed E-state index contributed by atoms with van der Waals surface area (Å²) in [5, 5.41) is 9.78. The van der Waals surface area contributed by atoms with Crippen molar-refractivity contribution in [3.8, 4) is 5.75 Å². The zero-order valence-electron chi connectivity index (χ0n) is 10.2. The van der Waals surface area contributed by atoms with E-state index in [1.807, 2.05) is 24.3 Å². The van der Waals surface area contributed by atoms with Crippen LogP contribution in [-0.4, -0.2) is 17.3 Å². The Kier molecular flexibility index (Phi) is 2.94. The van der Waals surface area contributed by atoms with Crippen molar-refractivity contribution in [2.45, 2.75) is 45.8 Å². The van der Waals surface area contributed by atoms with Gasteiger partial charge in [0.05, 0.1) is 6.10 Å². The van der Waals surface area contributed by atoms with Crippen LogP contribution in [0.3, 0.4) is 0 Å². The predicted molar refractivity (Wildman–Crippen MR) is 64.6 cm³/mol. The molecule has 88 valence electrons. The monoisotopic (exact) mass is 220 g/mol. The van der Waals surface area contributed by atoms with Gasteiger partial charge in [-0.05, 0) is 25.5 Å². The Hall–Kier alpha value is -1.02. The van der Waals surface area contributed by atoms with Crippen LogP contribution >= 0.6 is 0 Å². The van der Waals surface area contributed by atoms with Crippen molar-refractivity contribution in [2.24, 2.45) is 5.41 Å². The first kappa shape index (κ1) is 11.5. The van der Waals surface area contributed by atoms with Crippen molar-refractivity contribution in [1.82, 2.24) is 0 Å². The lowest BCUT2D eigenvalue weighted by Crippen LogP contribution is -2.57. The summed E-state index contributed by atoms with van der Waals surface area (Å²) in [5.41, 5.74) is 1.16. The van der Waals surface area contributed by atoms with Gasteiger partial charge in [0.25, 0.3) is 0 Å². The molecule has 0 aliphatic heterocycles. The maximum atomic E-state index is 9.78. The van der Waals surface area contributed by atoms with Gasteiger partial charge in [-0.1, -0.05) is 31.5 Å². The molecule has 1 aliphatic rings. The molecule has 3 atom stereocenters. The highest BCUT2D eigenvalue weighted by atomic mass is 16.5. The van der Waals surface area contributed by atoms with E-state index in [1.165, 1.54) is 5.56 Å². The third-order valence-corrected chi connectivity index (χ3v) is 4.00. The van der Waals surface area contributed by atoms with E-state index in [9.17, 15) is 5.11 Å². The zero-order valence-corrected chi connectivity index (χ0v) is 10.2. The number of aliphatic hydroxyl groups is 1. The molecular formula is C14H20O2. The third-order valence-electron chi connectivity index (χ3n) is 4.00. The van der Waals surface area contributed by atoms with E-state index in [4.69, 9.17) is 4.74 Å². The highest BCUT2D eigenvalue weighted by molar-refractivity contribution is 5.27. The van der Waals surface area contributed by atoms with Gasteiger partial charge in [-0.2, -0.15) is 0 Å². The van der Waals surface area contributed by atoms with Crippen molar-refractivity contribution < 1.29 is 9.84 Å². The molecule has 0 radical (unpaired) electrons. The average Bonchev–Trinajstić information content (AvgIpc) is 2.30. The van der Waals surface area contributed by atoms with Gasteiger partial charge in [-0.25, -0.2) is 0 Å². The molecule has 16 heavy (non-hydrogen) atoms. The van der Waals surface area contributed by atoms with Gasteiger partial charge in [-0.3, -0.25) is 0 Å². The van der Waals surface area contributed by atoms with Crippen LogP contribution in [0.25, 0.3) is 0 Å². The summed E-state index contributed by atoms with van der Waals surface area (Å²) in [6, 6.07) is 8.09. The topological polar surface area (TPSA) is 29.5 Å². The van der Waals surface area contributed by atoms with Crippen LogP contribution in [0.4, 0.5) is 0 Å². The minimum absolute atomic E-state index is 0.0785. The molecule has 3 unspecified atom stereocenters. The van der Waals surface area contributed by atoms with E-state index < -0.39 is 0 Å². The van der Waals surface area contributed by atoms with Crippen LogP contribution in [0.2, 0.25) is 0 Å². The second-order valence-corrected chi connectivity index (χ2v) is 5.03. The number of aryl methyl sites for hydroxylation is 1. The molecule has 2 heteroatoms. The van der Waals surface area contributed by atoms with E-state index in [-0.39, 0.29) is 17.6 Å². The Bertz CT molecular complexity index is 358. The smallest absolute Gasteiger partial charge is 0.119 e. The molecule has 0 amide bonds. The fourth-order valence-electron chi connectivity index (χ4n) is 2.22. The highest BCUT2D eigenvalue weighted by Gasteiger charge is 2.51. The maximum Gasteiger partial charge on any atom is 0.119 e. The summed E-state index contributed by atoms with van der Waals surface area (Å²) in [6.45, 7) is 6.26. The molecule has 0 spiro atoms. The summed E-state index contributed by atoms with van der Waals surface area (Å²) in [4.78, 5) is 0. The van der Waals surface area contributed by atoms with Crippen molar-refractivity contribution >= 4 is 0 Å². The van der Waals surface area contributed by atoms with Crippen LogP contribution in [0, 0.1) is 12.3 Å². The second kappa shape index (κ2) is 4.10. The van der Waals surface area contributed by atoms with Gasteiger partial charge < -0.3 is 9.84 Å². The van der Waals surface area contributed by atoms with E-state index in [2.05, 4.69) is 20.8 Å². The van der Waals surface area contributed by atoms with E-state index in [0.29, 0.717) is 0 Å². The molecule has 1 N–H and O–H groups in total. The second-order valence-electron chi connectivity index (χ2n) is 5.03. The first-order chi connectivity index (χ1) is 7.56. The molecule has 1 aliphatic carbocycles. The largest absolute Gasteiger partial charge is 0.490 e. The number of hydrogen-bond donors (Lipinski definition) is 1. The lowest BCUT2D eigenvalue weighted by Gasteiger charge is -2.50. The Morgan fingerprint density at radius 3 is 2.50 bits per heavy atom. The van der Waals surface area contributed by atoms with Gasteiger partial charge >= 0.3 is 0 Å². The van der Waals surface area contributed by atoms with Crippen LogP contribution in [-0.2, 0) is 0 Å². The zero-order chi connectivity index (χ0) is 11.8. The molecule has 2 rings (SSSR count). The number of hydrogen-bond acceptors (Lipinski definition) is 2. The van der Waals surface area contributed by atoms with Crippen LogP contribution in [0.1, 0.15) is 32.3 Å². The lowest BCUT2D eigenvalue weighted by molar-refractivity contribution is -0.147. The molecular weight excluding hydrogens is 200 g/mol. The van der Waals surface area contributed by atoms with Crippen molar-refractivity contribution in [2.75, 3.05) is 0 Å². The highest BCUT2D eigenvalue weighted by Crippen LogP contribution is 2.45. The number of ether oxygens (including phenoxy) is 1. The summed E-state index contributed by atoms with van der Waals surface area (Å²) in [6.07, 6.45) is 1.63. The van der Waals surface area contributed by atoms with Crippen LogP contribution < -0.4 is 4.74 Å². The van der Waals surface area contributed by atoms with Gasteiger partial charge in [0.1, 0.15) is 11.9 Å². The Morgan fingerprint density at radius 2 is 2.00 bits per heavy atom. The minimum Gasteiger partial charge on any atom is -0.490 e. The maximum absolute atomic E-state index is 9.78. The summed E-state index contributed by atoms with van der Waals surface area (Å²) >= 11 is 0. The number of rotatable bonds is 3. The van der Waals surface area contributed by atoms with Crippen LogP contribution in [0.5, 0.6) is 5.75 Å². The minimum atomic E-state index is -0.215. The van der Waals surface area contributed by atoms with E-state index >= 15 is 0 Å². The average molecular weight is 220 g/mol. The fourth-order valence-corrected chi connectivity index (χ4v) is 2.22. The summed E-state index contributed by atoms with van der Waals surface area (Å²) in [7, 11) is 0. The Labute approximate surface area is 97.3 Å². The SMILES string of the molecule is CCC1(C)C(O)CC1Oc1ccc(C)cc1. The van der Waals surface area contributed by atoms with E-state index in [1.54, 1.807) is 0 Å². The van der Waals surface area contributed by atoms with Crippen molar-refractivity contribution in [3.05, 3.63) is 29.8 Å². The quantitative estimate of drug-likeness (QED) is 0.848. The molecule has 1 aromatic rings. The van der Waals surface area contributed by atoms with Crippen LogP contribution in [0.15, 0.2) is 24.3 Å².